The van der Waals surface area contributed by atoms with Gasteiger partial charge in [0.15, 0.2) is 5.78 Å². The van der Waals surface area contributed by atoms with Crippen LogP contribution in [0.1, 0.15) is 27.7 Å². The molecule has 64 valence electrons. The molecule has 0 aromatic heterocycles. The van der Waals surface area contributed by atoms with Gasteiger partial charge in [-0.15, -0.1) is 0 Å². The highest BCUT2D eigenvalue weighted by Crippen LogP contribution is 1.95. The fraction of sp³-hybridized carbons (Fsp3) is 0.444. The SMILES string of the molecule is C/C=C(\C=C/N)C(C)=O.CC. The first-order valence-corrected chi connectivity index (χ1v) is 3.78. The molecule has 0 aromatic rings. The van der Waals surface area contributed by atoms with Crippen LogP contribution in [0.15, 0.2) is 23.9 Å². The summed E-state index contributed by atoms with van der Waals surface area (Å²) in [6, 6.07) is 0. The van der Waals surface area contributed by atoms with Crippen LogP contribution in [-0.2, 0) is 4.79 Å². The van der Waals surface area contributed by atoms with Crippen LogP contribution in [0.25, 0.3) is 0 Å². The van der Waals surface area contributed by atoms with E-state index in [9.17, 15) is 4.79 Å². The summed E-state index contributed by atoms with van der Waals surface area (Å²) in [6.07, 6.45) is 4.67. The fourth-order valence-electron chi connectivity index (χ4n) is 0.521. The van der Waals surface area contributed by atoms with Crippen LogP contribution in [0.5, 0.6) is 0 Å². The second kappa shape index (κ2) is 8.95. The van der Waals surface area contributed by atoms with Crippen molar-refractivity contribution >= 4 is 5.78 Å². The largest absolute Gasteiger partial charge is 0.405 e. The molecule has 0 aliphatic heterocycles. The lowest BCUT2D eigenvalue weighted by atomic mass is 10.2. The van der Waals surface area contributed by atoms with Gasteiger partial charge in [-0.05, 0) is 26.1 Å². The second-order valence-electron chi connectivity index (χ2n) is 1.66. The maximum atomic E-state index is 10.6. The van der Waals surface area contributed by atoms with E-state index < -0.39 is 0 Å². The maximum Gasteiger partial charge on any atom is 0.159 e. The van der Waals surface area contributed by atoms with Gasteiger partial charge in [0.05, 0.1) is 0 Å². The topological polar surface area (TPSA) is 43.1 Å². The van der Waals surface area contributed by atoms with Crippen LogP contribution in [-0.4, -0.2) is 5.78 Å². The Labute approximate surface area is 68.8 Å². The highest BCUT2D eigenvalue weighted by Gasteiger charge is 1.93. The summed E-state index contributed by atoms with van der Waals surface area (Å²) in [5, 5.41) is 0. The summed E-state index contributed by atoms with van der Waals surface area (Å²) >= 11 is 0. The molecule has 0 atom stereocenters. The van der Waals surface area contributed by atoms with E-state index in [1.165, 1.54) is 13.1 Å². The lowest BCUT2D eigenvalue weighted by Gasteiger charge is -1.89. The van der Waals surface area contributed by atoms with Gasteiger partial charge in [0.1, 0.15) is 0 Å². The molecular weight excluding hydrogens is 138 g/mol. The molecule has 0 saturated carbocycles. The summed E-state index contributed by atoms with van der Waals surface area (Å²) in [6.45, 7) is 7.31. The molecule has 2 heteroatoms. The van der Waals surface area contributed by atoms with Crippen molar-refractivity contribution in [2.24, 2.45) is 5.73 Å². The van der Waals surface area contributed by atoms with Crippen molar-refractivity contribution in [3.63, 3.8) is 0 Å². The quantitative estimate of drug-likeness (QED) is 0.489. The minimum absolute atomic E-state index is 0.0409. The number of ketones is 1. The molecule has 2 nitrogen and oxygen atoms in total. The molecular formula is C9H17NO. The average molecular weight is 155 g/mol. The maximum absolute atomic E-state index is 10.6. The molecule has 0 spiro atoms. The van der Waals surface area contributed by atoms with Crippen molar-refractivity contribution in [3.8, 4) is 0 Å². The van der Waals surface area contributed by atoms with Crippen LogP contribution in [0.4, 0.5) is 0 Å². The molecule has 0 unspecified atom stereocenters. The van der Waals surface area contributed by atoms with Gasteiger partial charge in [-0.25, -0.2) is 0 Å². The molecule has 0 rings (SSSR count). The minimum atomic E-state index is 0.0409. The second-order valence-corrected chi connectivity index (χ2v) is 1.66. The first kappa shape index (κ1) is 12.6. The van der Waals surface area contributed by atoms with Crippen LogP contribution < -0.4 is 5.73 Å². The summed E-state index contributed by atoms with van der Waals surface area (Å²) < 4.78 is 0. The van der Waals surface area contributed by atoms with Gasteiger partial charge in [-0.1, -0.05) is 19.9 Å². The van der Waals surface area contributed by atoms with Crippen molar-refractivity contribution in [2.45, 2.75) is 27.7 Å². The molecule has 0 aliphatic carbocycles. The smallest absolute Gasteiger partial charge is 0.159 e. The Kier molecular flexibility index (Phi) is 10.3. The Morgan fingerprint density at radius 1 is 1.36 bits per heavy atom. The van der Waals surface area contributed by atoms with Crippen LogP contribution >= 0.6 is 0 Å². The highest BCUT2D eigenvalue weighted by atomic mass is 16.1. The Balaban J connectivity index is 0. The molecule has 0 amide bonds. The Bertz CT molecular complexity index is 157. The fourth-order valence-corrected chi connectivity index (χ4v) is 0.521. The van der Waals surface area contributed by atoms with Crippen molar-refractivity contribution in [2.75, 3.05) is 0 Å². The molecule has 0 aromatic carbocycles. The Morgan fingerprint density at radius 2 is 1.82 bits per heavy atom. The van der Waals surface area contributed by atoms with E-state index in [4.69, 9.17) is 5.73 Å². The zero-order valence-electron chi connectivity index (χ0n) is 7.72. The minimum Gasteiger partial charge on any atom is -0.405 e. The average Bonchev–Trinajstić information content (AvgIpc) is 2.03. The van der Waals surface area contributed by atoms with E-state index in [2.05, 4.69) is 0 Å². The number of carbonyl (C=O) groups is 1. The monoisotopic (exact) mass is 155 g/mol. The van der Waals surface area contributed by atoms with Gasteiger partial charge in [0.25, 0.3) is 0 Å². The van der Waals surface area contributed by atoms with E-state index in [0.29, 0.717) is 5.57 Å². The zero-order valence-corrected chi connectivity index (χ0v) is 7.72. The number of Topliss-reactive ketones (excluding diaryl/α,β-unsaturated/α-hetero) is 1. The normalized spacial score (nSPS) is 10.7. The van der Waals surface area contributed by atoms with E-state index in [1.54, 1.807) is 19.1 Å². The van der Waals surface area contributed by atoms with Crippen molar-refractivity contribution in [1.29, 1.82) is 0 Å². The Morgan fingerprint density at radius 3 is 1.91 bits per heavy atom. The summed E-state index contributed by atoms with van der Waals surface area (Å²) in [5.74, 6) is 0.0409. The number of hydrogen-bond donors (Lipinski definition) is 1. The van der Waals surface area contributed by atoms with Crippen molar-refractivity contribution in [3.05, 3.63) is 23.9 Å². The number of carbonyl (C=O) groups excluding carboxylic acids is 1. The summed E-state index contributed by atoms with van der Waals surface area (Å²) in [7, 11) is 0. The van der Waals surface area contributed by atoms with Gasteiger partial charge < -0.3 is 5.73 Å². The predicted molar refractivity (Wildman–Crippen MR) is 49.1 cm³/mol. The van der Waals surface area contributed by atoms with Crippen LogP contribution in [0.2, 0.25) is 0 Å². The molecule has 0 radical (unpaired) electrons. The molecule has 11 heavy (non-hydrogen) atoms. The van der Waals surface area contributed by atoms with Gasteiger partial charge in [-0.2, -0.15) is 0 Å². The van der Waals surface area contributed by atoms with E-state index in [-0.39, 0.29) is 5.78 Å². The lowest BCUT2D eigenvalue weighted by Crippen LogP contribution is -1.93. The lowest BCUT2D eigenvalue weighted by molar-refractivity contribution is -0.113. The van der Waals surface area contributed by atoms with Crippen molar-refractivity contribution < 1.29 is 4.79 Å². The number of allylic oxidation sites excluding steroid dienone is 3. The predicted octanol–water partition coefficient (Wildman–Crippen LogP) is 2.02. The Hall–Kier alpha value is -1.05. The van der Waals surface area contributed by atoms with E-state index in [0.717, 1.165) is 0 Å². The number of nitrogens with two attached hydrogens (primary N) is 1. The van der Waals surface area contributed by atoms with Gasteiger partial charge in [0, 0.05) is 5.57 Å². The third kappa shape index (κ3) is 6.84. The third-order valence-corrected chi connectivity index (χ3v) is 0.993. The van der Waals surface area contributed by atoms with Crippen molar-refractivity contribution in [1.82, 2.24) is 0 Å². The first-order chi connectivity index (χ1) is 5.22. The molecule has 0 saturated heterocycles. The summed E-state index contributed by atoms with van der Waals surface area (Å²) in [4.78, 5) is 10.6. The summed E-state index contributed by atoms with van der Waals surface area (Å²) in [5.41, 5.74) is 5.72. The molecule has 0 aliphatic rings. The zero-order chi connectivity index (χ0) is 9.28. The van der Waals surface area contributed by atoms with E-state index in [1.807, 2.05) is 13.8 Å². The van der Waals surface area contributed by atoms with Gasteiger partial charge >= 0.3 is 0 Å². The molecule has 0 heterocycles. The van der Waals surface area contributed by atoms with Crippen LogP contribution in [0, 0.1) is 0 Å². The standard InChI is InChI=1S/C7H11NO.C2H6/c1-3-7(4-5-8)6(2)9;1-2/h3-5H,8H2,1-2H3;1-2H3/b5-4-,7-3+;. The van der Waals surface area contributed by atoms with Gasteiger partial charge in [0.2, 0.25) is 0 Å². The highest BCUT2D eigenvalue weighted by molar-refractivity contribution is 5.95. The number of hydrogen-bond acceptors (Lipinski definition) is 2. The number of rotatable bonds is 2. The van der Waals surface area contributed by atoms with E-state index >= 15 is 0 Å². The molecule has 2 N–H and O–H groups in total. The van der Waals surface area contributed by atoms with Gasteiger partial charge in [-0.3, -0.25) is 4.79 Å². The first-order valence-electron chi connectivity index (χ1n) is 3.78. The van der Waals surface area contributed by atoms with Crippen LogP contribution in [0.3, 0.4) is 0 Å². The molecule has 0 bridgehead atoms. The molecule has 0 fully saturated rings. The third-order valence-electron chi connectivity index (χ3n) is 0.993.